The average molecular weight is 421 g/mol. The molecule has 2 heterocycles. The maximum absolute atomic E-state index is 12.4. The number of nitrogens with zero attached hydrogens (tertiary/aromatic N) is 4. The lowest BCUT2D eigenvalue weighted by atomic mass is 10.2. The fourth-order valence-electron chi connectivity index (χ4n) is 2.78. The van der Waals surface area contributed by atoms with Gasteiger partial charge in [0.1, 0.15) is 11.6 Å². The van der Waals surface area contributed by atoms with Crippen molar-refractivity contribution in [3.05, 3.63) is 66.4 Å². The normalized spacial score (nSPS) is 10.7. The summed E-state index contributed by atoms with van der Waals surface area (Å²) in [6.45, 7) is 1.88. The number of nitrogens with one attached hydrogen (secondary N) is 1. The summed E-state index contributed by atoms with van der Waals surface area (Å²) < 4.78 is 12.5. The second-order valence-corrected chi connectivity index (χ2v) is 7.28. The van der Waals surface area contributed by atoms with Gasteiger partial charge in [-0.2, -0.15) is 5.10 Å². The second-order valence-electron chi connectivity index (χ2n) is 6.36. The van der Waals surface area contributed by atoms with Crippen LogP contribution in [0.4, 0.5) is 5.82 Å². The third-order valence-corrected chi connectivity index (χ3v) is 4.99. The van der Waals surface area contributed by atoms with Crippen molar-refractivity contribution in [2.24, 2.45) is 0 Å². The van der Waals surface area contributed by atoms with E-state index in [-0.39, 0.29) is 11.7 Å². The van der Waals surface area contributed by atoms with E-state index in [0.29, 0.717) is 16.9 Å². The predicted octanol–water partition coefficient (Wildman–Crippen LogP) is 3.97. The minimum absolute atomic E-state index is 0.128. The minimum atomic E-state index is -0.193. The minimum Gasteiger partial charge on any atom is -0.497 e. The summed E-state index contributed by atoms with van der Waals surface area (Å²) in [6, 6.07) is 18.7. The number of hydrogen-bond acceptors (Lipinski definition) is 7. The van der Waals surface area contributed by atoms with Gasteiger partial charge in [-0.3, -0.25) is 4.79 Å². The highest BCUT2D eigenvalue weighted by Gasteiger charge is 2.14. The maximum Gasteiger partial charge on any atom is 0.277 e. The van der Waals surface area contributed by atoms with Crippen molar-refractivity contribution < 1.29 is 13.9 Å². The van der Waals surface area contributed by atoms with E-state index in [1.54, 1.807) is 11.8 Å². The molecule has 0 bridgehead atoms. The molecule has 4 rings (SSSR count). The molecule has 1 N–H and O–H groups in total. The van der Waals surface area contributed by atoms with Crippen LogP contribution in [0.1, 0.15) is 5.69 Å². The zero-order valence-electron chi connectivity index (χ0n) is 16.4. The zero-order chi connectivity index (χ0) is 20.9. The Labute approximate surface area is 177 Å². The molecule has 0 saturated heterocycles. The molecule has 30 heavy (non-hydrogen) atoms. The summed E-state index contributed by atoms with van der Waals surface area (Å²) in [5.41, 5.74) is 2.46. The monoisotopic (exact) mass is 421 g/mol. The number of hydrogen-bond donors (Lipinski definition) is 1. The van der Waals surface area contributed by atoms with Crippen LogP contribution in [0.5, 0.6) is 5.75 Å². The van der Waals surface area contributed by atoms with Crippen LogP contribution in [0.15, 0.2) is 70.3 Å². The molecule has 1 amide bonds. The van der Waals surface area contributed by atoms with E-state index in [1.807, 2.05) is 67.6 Å². The van der Waals surface area contributed by atoms with Crippen molar-refractivity contribution in [2.45, 2.75) is 12.1 Å². The summed E-state index contributed by atoms with van der Waals surface area (Å²) in [4.78, 5) is 12.4. The molecule has 2 aromatic carbocycles. The molecule has 0 atom stereocenters. The number of thioether (sulfide) groups is 1. The van der Waals surface area contributed by atoms with Crippen LogP contribution in [-0.2, 0) is 4.79 Å². The highest BCUT2D eigenvalue weighted by atomic mass is 32.2. The van der Waals surface area contributed by atoms with Crippen molar-refractivity contribution >= 4 is 23.5 Å². The molecular weight excluding hydrogens is 402 g/mol. The standard InChI is InChI=1S/C21H19N5O3S/c1-14-12-18(26(25-14)16-6-4-3-5-7-16)22-19(27)13-30-21-24-23-20(29-21)15-8-10-17(28-2)11-9-15/h3-12H,13H2,1-2H3,(H,22,27). The molecule has 2 aromatic heterocycles. The van der Waals surface area contributed by atoms with E-state index in [9.17, 15) is 4.79 Å². The SMILES string of the molecule is COc1ccc(-c2nnc(SCC(=O)Nc3cc(C)nn3-c3ccccc3)o2)cc1. The van der Waals surface area contributed by atoms with Gasteiger partial charge in [-0.15, -0.1) is 10.2 Å². The van der Waals surface area contributed by atoms with Crippen molar-refractivity contribution in [1.82, 2.24) is 20.0 Å². The van der Waals surface area contributed by atoms with Crippen LogP contribution in [-0.4, -0.2) is 38.7 Å². The lowest BCUT2D eigenvalue weighted by Gasteiger charge is -2.08. The topological polar surface area (TPSA) is 95.1 Å². The van der Waals surface area contributed by atoms with Crippen molar-refractivity contribution in [1.29, 1.82) is 0 Å². The first-order chi connectivity index (χ1) is 14.6. The highest BCUT2D eigenvalue weighted by molar-refractivity contribution is 7.99. The summed E-state index contributed by atoms with van der Waals surface area (Å²) in [5.74, 6) is 1.67. The fourth-order valence-corrected chi connectivity index (χ4v) is 3.34. The summed E-state index contributed by atoms with van der Waals surface area (Å²) in [7, 11) is 1.61. The third kappa shape index (κ3) is 4.52. The number of benzene rings is 2. The van der Waals surface area contributed by atoms with Crippen LogP contribution in [0.3, 0.4) is 0 Å². The first kappa shape index (κ1) is 19.7. The van der Waals surface area contributed by atoms with Gasteiger partial charge in [-0.1, -0.05) is 30.0 Å². The van der Waals surface area contributed by atoms with E-state index in [1.165, 1.54) is 11.8 Å². The molecule has 0 aliphatic carbocycles. The Balaban J connectivity index is 1.39. The number of rotatable bonds is 7. The Hall–Kier alpha value is -3.59. The molecule has 4 aromatic rings. The molecule has 0 unspecified atom stereocenters. The quantitative estimate of drug-likeness (QED) is 0.451. The van der Waals surface area contributed by atoms with E-state index in [2.05, 4.69) is 20.6 Å². The lowest BCUT2D eigenvalue weighted by molar-refractivity contribution is -0.113. The maximum atomic E-state index is 12.4. The Morgan fingerprint density at radius 2 is 1.90 bits per heavy atom. The van der Waals surface area contributed by atoms with E-state index >= 15 is 0 Å². The van der Waals surface area contributed by atoms with Gasteiger partial charge in [-0.05, 0) is 43.3 Å². The Morgan fingerprint density at radius 1 is 1.13 bits per heavy atom. The molecular formula is C21H19N5O3S. The molecule has 152 valence electrons. The summed E-state index contributed by atoms with van der Waals surface area (Å²) in [6.07, 6.45) is 0. The molecule has 9 heteroatoms. The van der Waals surface area contributed by atoms with E-state index < -0.39 is 0 Å². The van der Waals surface area contributed by atoms with Crippen LogP contribution < -0.4 is 10.1 Å². The number of anilines is 1. The lowest BCUT2D eigenvalue weighted by Crippen LogP contribution is -2.16. The van der Waals surface area contributed by atoms with E-state index in [4.69, 9.17) is 9.15 Å². The van der Waals surface area contributed by atoms with Crippen molar-refractivity contribution in [2.75, 3.05) is 18.2 Å². The Kier molecular flexibility index (Phi) is 5.80. The first-order valence-corrected chi connectivity index (χ1v) is 10.1. The predicted molar refractivity (Wildman–Crippen MR) is 114 cm³/mol. The van der Waals surface area contributed by atoms with E-state index in [0.717, 1.165) is 22.7 Å². The van der Waals surface area contributed by atoms with Crippen LogP contribution in [0, 0.1) is 6.92 Å². The molecule has 0 spiro atoms. The van der Waals surface area contributed by atoms with Gasteiger partial charge in [-0.25, -0.2) is 4.68 Å². The summed E-state index contributed by atoms with van der Waals surface area (Å²) in [5, 5.41) is 15.7. The number of para-hydroxylation sites is 1. The third-order valence-electron chi connectivity index (χ3n) is 4.17. The number of amides is 1. The Bertz CT molecular complexity index is 1140. The van der Waals surface area contributed by atoms with Gasteiger partial charge in [0, 0.05) is 11.6 Å². The molecule has 0 saturated carbocycles. The number of aryl methyl sites for hydroxylation is 1. The molecule has 0 fully saturated rings. The summed E-state index contributed by atoms with van der Waals surface area (Å²) >= 11 is 1.17. The number of carbonyl (C=O) groups is 1. The smallest absolute Gasteiger partial charge is 0.277 e. The number of aromatic nitrogens is 4. The number of carbonyl (C=O) groups excluding carboxylic acids is 1. The van der Waals surface area contributed by atoms with Crippen molar-refractivity contribution in [3.63, 3.8) is 0 Å². The molecule has 0 aliphatic heterocycles. The van der Waals surface area contributed by atoms with Crippen molar-refractivity contribution in [3.8, 4) is 22.9 Å². The Morgan fingerprint density at radius 3 is 2.63 bits per heavy atom. The van der Waals surface area contributed by atoms with Crippen LogP contribution >= 0.6 is 11.8 Å². The molecule has 0 radical (unpaired) electrons. The van der Waals surface area contributed by atoms with Crippen LogP contribution in [0.25, 0.3) is 17.1 Å². The number of methoxy groups -OCH3 is 1. The van der Waals surface area contributed by atoms with Gasteiger partial charge < -0.3 is 14.5 Å². The van der Waals surface area contributed by atoms with Gasteiger partial charge in [0.15, 0.2) is 0 Å². The average Bonchev–Trinajstić information content (AvgIpc) is 3.39. The largest absolute Gasteiger partial charge is 0.497 e. The molecule has 8 nitrogen and oxygen atoms in total. The zero-order valence-corrected chi connectivity index (χ0v) is 17.2. The van der Waals surface area contributed by atoms with Gasteiger partial charge in [0.2, 0.25) is 11.8 Å². The van der Waals surface area contributed by atoms with Crippen LogP contribution in [0.2, 0.25) is 0 Å². The van der Waals surface area contributed by atoms with Gasteiger partial charge in [0.25, 0.3) is 5.22 Å². The molecule has 0 aliphatic rings. The highest BCUT2D eigenvalue weighted by Crippen LogP contribution is 2.25. The number of ether oxygens (including phenoxy) is 1. The fraction of sp³-hybridized carbons (Fsp3) is 0.143. The van der Waals surface area contributed by atoms with Gasteiger partial charge in [0.05, 0.1) is 24.2 Å². The van der Waals surface area contributed by atoms with Gasteiger partial charge >= 0.3 is 0 Å². The first-order valence-electron chi connectivity index (χ1n) is 9.15. The second kappa shape index (κ2) is 8.83.